The van der Waals surface area contributed by atoms with E-state index in [2.05, 4.69) is 5.92 Å². The van der Waals surface area contributed by atoms with E-state index < -0.39 is 4.92 Å². The minimum Gasteiger partial charge on any atom is -0.294 e. The number of Topliss-reactive ketones (excluding diaryl/α,β-unsaturated/α-hetero) is 1. The molecule has 2 atom stereocenters. The second kappa shape index (κ2) is 4.61. The Morgan fingerprint density at radius 2 is 2.33 bits per heavy atom. The summed E-state index contributed by atoms with van der Waals surface area (Å²) in [6.07, 6.45) is 6.32. The Kier molecular flexibility index (Phi) is 3.15. The van der Waals surface area contributed by atoms with E-state index in [-0.39, 0.29) is 28.9 Å². The molecule has 2 rings (SSSR count). The first-order valence-electron chi connectivity index (χ1n) is 5.80. The molecule has 0 aromatic heterocycles. The molecule has 0 aliphatic heterocycles. The van der Waals surface area contributed by atoms with Gasteiger partial charge in [-0.25, -0.2) is 0 Å². The van der Waals surface area contributed by atoms with Crippen molar-refractivity contribution in [3.05, 3.63) is 39.4 Å². The molecule has 92 valence electrons. The lowest BCUT2D eigenvalue weighted by Crippen LogP contribution is -2.18. The number of fused-ring (bicyclic) bond motifs is 1. The highest BCUT2D eigenvalue weighted by Crippen LogP contribution is 2.37. The van der Waals surface area contributed by atoms with Crippen molar-refractivity contribution in [3.63, 3.8) is 0 Å². The highest BCUT2D eigenvalue weighted by Gasteiger charge is 2.38. The van der Waals surface area contributed by atoms with Gasteiger partial charge in [-0.05, 0) is 17.9 Å². The highest BCUT2D eigenvalue weighted by molar-refractivity contribution is 6.05. The van der Waals surface area contributed by atoms with E-state index in [1.165, 1.54) is 6.07 Å². The Hall–Kier alpha value is -2.15. The molecular weight excluding hydrogens is 230 g/mol. The summed E-state index contributed by atoms with van der Waals surface area (Å²) < 4.78 is 0. The second-order valence-corrected chi connectivity index (χ2v) is 4.63. The zero-order chi connectivity index (χ0) is 13.3. The van der Waals surface area contributed by atoms with Gasteiger partial charge in [0.2, 0.25) is 0 Å². The third kappa shape index (κ3) is 1.88. The van der Waals surface area contributed by atoms with Gasteiger partial charge in [0.05, 0.1) is 10.5 Å². The summed E-state index contributed by atoms with van der Waals surface area (Å²) in [5, 5.41) is 10.9. The number of nitro benzene ring substituents is 1. The summed E-state index contributed by atoms with van der Waals surface area (Å²) in [5.41, 5.74) is 0.951. The molecule has 1 aliphatic rings. The number of nitro groups is 1. The number of hydrogen-bond donors (Lipinski definition) is 0. The molecule has 0 saturated carbocycles. The van der Waals surface area contributed by atoms with Crippen LogP contribution in [0.5, 0.6) is 0 Å². The SMILES string of the molecule is C#CCC(C)C1Cc2cccc([N+](=O)[O-])c2C1=O. The molecule has 18 heavy (non-hydrogen) atoms. The van der Waals surface area contributed by atoms with Gasteiger partial charge in [-0.3, -0.25) is 14.9 Å². The molecule has 0 radical (unpaired) electrons. The Bertz CT molecular complexity index is 557. The summed E-state index contributed by atoms with van der Waals surface area (Å²) in [6.45, 7) is 1.92. The summed E-state index contributed by atoms with van der Waals surface area (Å²) in [4.78, 5) is 22.7. The van der Waals surface area contributed by atoms with E-state index in [1.54, 1.807) is 12.1 Å². The van der Waals surface area contributed by atoms with E-state index in [9.17, 15) is 14.9 Å². The first-order valence-corrected chi connectivity index (χ1v) is 5.80. The van der Waals surface area contributed by atoms with Crippen LogP contribution in [0.4, 0.5) is 5.69 Å². The topological polar surface area (TPSA) is 60.2 Å². The third-order valence-corrected chi connectivity index (χ3v) is 3.48. The van der Waals surface area contributed by atoms with Crippen molar-refractivity contribution in [3.8, 4) is 12.3 Å². The van der Waals surface area contributed by atoms with Crippen LogP contribution in [0.25, 0.3) is 0 Å². The number of hydrogen-bond acceptors (Lipinski definition) is 3. The molecule has 0 spiro atoms. The molecule has 0 heterocycles. The van der Waals surface area contributed by atoms with Crippen LogP contribution in [0.1, 0.15) is 29.3 Å². The van der Waals surface area contributed by atoms with Crippen LogP contribution in [-0.2, 0) is 6.42 Å². The van der Waals surface area contributed by atoms with Gasteiger partial charge in [0.25, 0.3) is 5.69 Å². The van der Waals surface area contributed by atoms with Gasteiger partial charge in [-0.2, -0.15) is 0 Å². The molecule has 0 N–H and O–H groups in total. The van der Waals surface area contributed by atoms with Crippen LogP contribution < -0.4 is 0 Å². The minimum absolute atomic E-state index is 0.0505. The maximum absolute atomic E-state index is 12.3. The minimum atomic E-state index is -0.495. The van der Waals surface area contributed by atoms with Crippen LogP contribution in [0, 0.1) is 34.3 Å². The zero-order valence-electron chi connectivity index (χ0n) is 10.1. The number of benzene rings is 1. The van der Waals surface area contributed by atoms with Crippen molar-refractivity contribution >= 4 is 11.5 Å². The van der Waals surface area contributed by atoms with Gasteiger partial charge in [0.15, 0.2) is 5.78 Å². The predicted molar refractivity (Wildman–Crippen MR) is 67.2 cm³/mol. The fourth-order valence-corrected chi connectivity index (χ4v) is 2.50. The van der Waals surface area contributed by atoms with Crippen molar-refractivity contribution in [1.82, 2.24) is 0 Å². The maximum atomic E-state index is 12.3. The number of carbonyl (C=O) groups is 1. The molecule has 1 aromatic carbocycles. The fraction of sp³-hybridized carbons (Fsp3) is 0.357. The monoisotopic (exact) mass is 243 g/mol. The molecule has 4 nitrogen and oxygen atoms in total. The summed E-state index contributed by atoms with van der Waals surface area (Å²) in [7, 11) is 0. The standard InChI is InChI=1S/C14H13NO3/c1-3-5-9(2)11-8-10-6-4-7-12(15(17)18)13(10)14(11)16/h1,4,6-7,9,11H,5,8H2,2H3. The second-order valence-electron chi connectivity index (χ2n) is 4.63. The van der Waals surface area contributed by atoms with Crippen LogP contribution >= 0.6 is 0 Å². The molecule has 0 bridgehead atoms. The van der Waals surface area contributed by atoms with Gasteiger partial charge in [0.1, 0.15) is 0 Å². The average Bonchev–Trinajstić information content (AvgIpc) is 2.67. The fourth-order valence-electron chi connectivity index (χ4n) is 2.50. The largest absolute Gasteiger partial charge is 0.294 e. The Morgan fingerprint density at radius 3 is 2.94 bits per heavy atom. The first-order chi connectivity index (χ1) is 8.56. The normalized spacial score (nSPS) is 19.1. The summed E-state index contributed by atoms with van der Waals surface area (Å²) in [5.74, 6) is 2.23. The summed E-state index contributed by atoms with van der Waals surface area (Å²) in [6, 6.07) is 4.78. The van der Waals surface area contributed by atoms with Crippen molar-refractivity contribution in [2.45, 2.75) is 19.8 Å². The quantitative estimate of drug-likeness (QED) is 0.465. The number of carbonyl (C=O) groups excluding carboxylic acids is 1. The van der Waals surface area contributed by atoms with Gasteiger partial charge in [-0.15, -0.1) is 12.3 Å². The Balaban J connectivity index is 2.40. The number of terminal acetylenes is 1. The molecule has 4 heteroatoms. The van der Waals surface area contributed by atoms with Crippen LogP contribution in [0.3, 0.4) is 0 Å². The van der Waals surface area contributed by atoms with Crippen molar-refractivity contribution in [1.29, 1.82) is 0 Å². The smallest absolute Gasteiger partial charge is 0.280 e. The van der Waals surface area contributed by atoms with Crippen LogP contribution in [-0.4, -0.2) is 10.7 Å². The molecule has 2 unspecified atom stereocenters. The maximum Gasteiger partial charge on any atom is 0.280 e. The van der Waals surface area contributed by atoms with Gasteiger partial charge in [-0.1, -0.05) is 19.1 Å². The number of nitrogens with zero attached hydrogens (tertiary/aromatic N) is 1. The Morgan fingerprint density at radius 1 is 1.61 bits per heavy atom. The molecule has 1 aliphatic carbocycles. The van der Waals surface area contributed by atoms with Gasteiger partial charge >= 0.3 is 0 Å². The lowest BCUT2D eigenvalue weighted by molar-refractivity contribution is -0.385. The van der Waals surface area contributed by atoms with Crippen molar-refractivity contribution in [2.75, 3.05) is 0 Å². The molecule has 0 saturated heterocycles. The van der Waals surface area contributed by atoms with E-state index in [4.69, 9.17) is 6.42 Å². The molecule has 0 fully saturated rings. The third-order valence-electron chi connectivity index (χ3n) is 3.48. The van der Waals surface area contributed by atoms with E-state index >= 15 is 0 Å². The highest BCUT2D eigenvalue weighted by atomic mass is 16.6. The van der Waals surface area contributed by atoms with E-state index in [1.807, 2.05) is 6.92 Å². The van der Waals surface area contributed by atoms with E-state index in [0.29, 0.717) is 12.8 Å². The Labute approximate surface area is 105 Å². The van der Waals surface area contributed by atoms with Crippen LogP contribution in [0.15, 0.2) is 18.2 Å². The molecule has 1 aromatic rings. The van der Waals surface area contributed by atoms with Crippen molar-refractivity contribution in [2.24, 2.45) is 11.8 Å². The van der Waals surface area contributed by atoms with Crippen molar-refractivity contribution < 1.29 is 9.72 Å². The average molecular weight is 243 g/mol. The lowest BCUT2D eigenvalue weighted by atomic mass is 9.88. The first kappa shape index (κ1) is 12.3. The molecular formula is C14H13NO3. The predicted octanol–water partition coefficient (Wildman–Crippen LogP) is 2.61. The summed E-state index contributed by atoms with van der Waals surface area (Å²) >= 11 is 0. The van der Waals surface area contributed by atoms with Gasteiger partial charge < -0.3 is 0 Å². The van der Waals surface area contributed by atoms with Gasteiger partial charge in [0, 0.05) is 18.4 Å². The number of rotatable bonds is 3. The van der Waals surface area contributed by atoms with Crippen LogP contribution in [0.2, 0.25) is 0 Å². The lowest BCUT2D eigenvalue weighted by Gasteiger charge is -2.14. The zero-order valence-corrected chi connectivity index (χ0v) is 10.1. The molecule has 0 amide bonds. The van der Waals surface area contributed by atoms with E-state index in [0.717, 1.165) is 5.56 Å². The number of ketones is 1.